The minimum absolute atomic E-state index is 0.0601. The Balaban J connectivity index is 2.15. The van der Waals surface area contributed by atoms with Gasteiger partial charge < -0.3 is 10.3 Å². The number of aryl methyl sites for hydroxylation is 2. The summed E-state index contributed by atoms with van der Waals surface area (Å²) in [5, 5.41) is 3.01. The summed E-state index contributed by atoms with van der Waals surface area (Å²) in [6, 6.07) is 5.78. The Bertz CT molecular complexity index is 541. The van der Waals surface area contributed by atoms with Crippen LogP contribution in [-0.4, -0.2) is 15.9 Å². The summed E-state index contributed by atoms with van der Waals surface area (Å²) in [6.07, 6.45) is 4.26. The van der Waals surface area contributed by atoms with Gasteiger partial charge in [-0.15, -0.1) is 0 Å². The minimum atomic E-state index is -0.0803. The number of amides is 1. The van der Waals surface area contributed by atoms with Crippen LogP contribution in [0.3, 0.4) is 0 Å². The van der Waals surface area contributed by atoms with Gasteiger partial charge in [0.1, 0.15) is 5.82 Å². The van der Waals surface area contributed by atoms with Crippen molar-refractivity contribution in [3.63, 3.8) is 0 Å². The van der Waals surface area contributed by atoms with Gasteiger partial charge in [-0.05, 0) is 32.4 Å². The van der Waals surface area contributed by atoms with Crippen molar-refractivity contribution in [2.75, 3.05) is 0 Å². The molecule has 1 unspecified atom stereocenters. The Morgan fingerprint density at radius 3 is 2.53 bits per heavy atom. The van der Waals surface area contributed by atoms with Gasteiger partial charge in [0, 0.05) is 18.0 Å². The molecular formula is C15H19N3O. The Morgan fingerprint density at radius 1 is 1.32 bits per heavy atom. The molecule has 0 aliphatic heterocycles. The van der Waals surface area contributed by atoms with E-state index in [9.17, 15) is 4.79 Å². The molecule has 2 N–H and O–H groups in total. The highest BCUT2D eigenvalue weighted by molar-refractivity contribution is 5.94. The predicted molar refractivity (Wildman–Crippen MR) is 75.0 cm³/mol. The quantitative estimate of drug-likeness (QED) is 0.884. The number of nitrogens with one attached hydrogen (secondary N) is 2. The number of carbonyl (C=O) groups excluding carboxylic acids is 1. The molecule has 0 saturated carbocycles. The summed E-state index contributed by atoms with van der Waals surface area (Å²) in [6.45, 7) is 6.01. The molecule has 4 heteroatoms. The number of aromatic amines is 1. The third-order valence-corrected chi connectivity index (χ3v) is 3.05. The lowest BCUT2D eigenvalue weighted by Gasteiger charge is -2.15. The van der Waals surface area contributed by atoms with Crippen LogP contribution in [0.1, 0.15) is 46.7 Å². The lowest BCUT2D eigenvalue weighted by molar-refractivity contribution is 0.0933. The molecule has 19 heavy (non-hydrogen) atoms. The molecule has 0 radical (unpaired) electrons. The molecular weight excluding hydrogens is 238 g/mol. The summed E-state index contributed by atoms with van der Waals surface area (Å²) in [7, 11) is 0. The third-order valence-electron chi connectivity index (χ3n) is 3.05. The van der Waals surface area contributed by atoms with E-state index in [0.717, 1.165) is 23.4 Å². The highest BCUT2D eigenvalue weighted by Gasteiger charge is 2.16. The van der Waals surface area contributed by atoms with Gasteiger partial charge >= 0.3 is 0 Å². The molecule has 1 atom stereocenters. The van der Waals surface area contributed by atoms with E-state index in [1.165, 1.54) is 0 Å². The molecule has 1 heterocycles. The highest BCUT2D eigenvalue weighted by atomic mass is 16.1. The maximum absolute atomic E-state index is 12.3. The van der Waals surface area contributed by atoms with Crippen molar-refractivity contribution >= 4 is 5.91 Å². The molecule has 2 aromatic rings. The van der Waals surface area contributed by atoms with Crippen LogP contribution >= 0.6 is 0 Å². The number of hydrogen-bond donors (Lipinski definition) is 2. The Hall–Kier alpha value is -2.10. The summed E-state index contributed by atoms with van der Waals surface area (Å²) in [5.41, 5.74) is 2.88. The molecule has 1 aromatic heterocycles. The second-order valence-electron chi connectivity index (χ2n) is 4.79. The molecule has 0 fully saturated rings. The third kappa shape index (κ3) is 3.22. The number of rotatable bonds is 4. The van der Waals surface area contributed by atoms with E-state index in [-0.39, 0.29) is 11.9 Å². The summed E-state index contributed by atoms with van der Waals surface area (Å²) < 4.78 is 0. The first-order valence-corrected chi connectivity index (χ1v) is 6.48. The topological polar surface area (TPSA) is 57.8 Å². The maximum atomic E-state index is 12.3. The molecule has 0 aliphatic rings. The van der Waals surface area contributed by atoms with E-state index in [1.54, 1.807) is 12.4 Å². The fourth-order valence-electron chi connectivity index (χ4n) is 2.18. The van der Waals surface area contributed by atoms with Gasteiger partial charge in [-0.2, -0.15) is 0 Å². The summed E-state index contributed by atoms with van der Waals surface area (Å²) in [4.78, 5) is 19.5. The van der Waals surface area contributed by atoms with Crippen molar-refractivity contribution in [2.24, 2.45) is 0 Å². The monoisotopic (exact) mass is 257 g/mol. The zero-order valence-corrected chi connectivity index (χ0v) is 11.5. The lowest BCUT2D eigenvalue weighted by Crippen LogP contribution is -2.29. The van der Waals surface area contributed by atoms with Crippen molar-refractivity contribution in [1.29, 1.82) is 0 Å². The van der Waals surface area contributed by atoms with Gasteiger partial charge in [-0.25, -0.2) is 4.98 Å². The van der Waals surface area contributed by atoms with E-state index < -0.39 is 0 Å². The first kappa shape index (κ1) is 13.3. The van der Waals surface area contributed by atoms with Gasteiger partial charge in [0.05, 0.1) is 6.04 Å². The SMILES string of the molecule is CCC(NC(=O)c1cc(C)cc(C)c1)c1ncc[nH]1. The van der Waals surface area contributed by atoms with Crippen LogP contribution in [-0.2, 0) is 0 Å². The number of benzene rings is 1. The van der Waals surface area contributed by atoms with Crippen molar-refractivity contribution in [2.45, 2.75) is 33.2 Å². The van der Waals surface area contributed by atoms with Crippen LogP contribution in [0.15, 0.2) is 30.6 Å². The van der Waals surface area contributed by atoms with Gasteiger partial charge in [-0.3, -0.25) is 4.79 Å². The number of imidazole rings is 1. The predicted octanol–water partition coefficient (Wildman–Crippen LogP) is 2.91. The number of hydrogen-bond acceptors (Lipinski definition) is 2. The van der Waals surface area contributed by atoms with Crippen LogP contribution in [0.25, 0.3) is 0 Å². The van der Waals surface area contributed by atoms with Gasteiger partial charge in [0.15, 0.2) is 0 Å². The molecule has 1 aromatic carbocycles. The number of aromatic nitrogens is 2. The van der Waals surface area contributed by atoms with Crippen LogP contribution < -0.4 is 5.32 Å². The molecule has 100 valence electrons. The zero-order chi connectivity index (χ0) is 13.8. The molecule has 4 nitrogen and oxygen atoms in total. The number of carbonyl (C=O) groups is 1. The molecule has 2 rings (SSSR count). The molecule has 0 saturated heterocycles. The van der Waals surface area contributed by atoms with Gasteiger partial charge in [-0.1, -0.05) is 24.1 Å². The van der Waals surface area contributed by atoms with E-state index in [0.29, 0.717) is 5.56 Å². The average Bonchev–Trinajstić information content (AvgIpc) is 2.88. The van der Waals surface area contributed by atoms with Crippen LogP contribution in [0.5, 0.6) is 0 Å². The second-order valence-corrected chi connectivity index (χ2v) is 4.79. The van der Waals surface area contributed by atoms with Gasteiger partial charge in [0.25, 0.3) is 5.91 Å². The first-order chi connectivity index (χ1) is 9.10. The van der Waals surface area contributed by atoms with Crippen molar-refractivity contribution in [1.82, 2.24) is 15.3 Å². The Kier molecular flexibility index (Phi) is 4.00. The largest absolute Gasteiger partial charge is 0.347 e. The van der Waals surface area contributed by atoms with E-state index in [2.05, 4.69) is 21.4 Å². The van der Waals surface area contributed by atoms with Crippen LogP contribution in [0.4, 0.5) is 0 Å². The lowest BCUT2D eigenvalue weighted by atomic mass is 10.1. The maximum Gasteiger partial charge on any atom is 0.251 e. The van der Waals surface area contributed by atoms with Gasteiger partial charge in [0.2, 0.25) is 0 Å². The molecule has 0 spiro atoms. The van der Waals surface area contributed by atoms with Crippen molar-refractivity contribution in [3.8, 4) is 0 Å². The number of H-pyrrole nitrogens is 1. The highest BCUT2D eigenvalue weighted by Crippen LogP contribution is 2.14. The Morgan fingerprint density at radius 2 is 2.00 bits per heavy atom. The van der Waals surface area contributed by atoms with E-state index in [4.69, 9.17) is 0 Å². The fourth-order valence-corrected chi connectivity index (χ4v) is 2.18. The van der Waals surface area contributed by atoms with E-state index in [1.807, 2.05) is 32.9 Å². The first-order valence-electron chi connectivity index (χ1n) is 6.48. The number of nitrogens with zero attached hydrogens (tertiary/aromatic N) is 1. The normalized spacial score (nSPS) is 12.2. The molecule has 1 amide bonds. The van der Waals surface area contributed by atoms with E-state index >= 15 is 0 Å². The molecule has 0 bridgehead atoms. The average molecular weight is 257 g/mol. The Labute approximate surface area is 113 Å². The standard InChI is InChI=1S/C15H19N3O/c1-4-13(14-16-5-6-17-14)18-15(19)12-8-10(2)7-11(3)9-12/h5-9,13H,4H2,1-3H3,(H,16,17)(H,18,19). The van der Waals surface area contributed by atoms with Crippen molar-refractivity contribution < 1.29 is 4.79 Å². The van der Waals surface area contributed by atoms with Crippen molar-refractivity contribution in [3.05, 3.63) is 53.1 Å². The molecule has 0 aliphatic carbocycles. The minimum Gasteiger partial charge on any atom is -0.347 e. The van der Waals surface area contributed by atoms with Crippen LogP contribution in [0.2, 0.25) is 0 Å². The summed E-state index contributed by atoms with van der Waals surface area (Å²) in [5.74, 6) is 0.732. The smallest absolute Gasteiger partial charge is 0.251 e. The summed E-state index contributed by atoms with van der Waals surface area (Å²) >= 11 is 0. The fraction of sp³-hybridized carbons (Fsp3) is 0.333. The zero-order valence-electron chi connectivity index (χ0n) is 11.5. The second kappa shape index (κ2) is 5.69. The van der Waals surface area contributed by atoms with Crippen LogP contribution in [0, 0.1) is 13.8 Å².